The zero-order valence-corrected chi connectivity index (χ0v) is 15.6. The first-order valence-corrected chi connectivity index (χ1v) is 27.5. The van der Waals surface area contributed by atoms with E-state index in [2.05, 4.69) is 8.45 Å². The summed E-state index contributed by atoms with van der Waals surface area (Å²) in [6.45, 7) is 4.41. The van der Waals surface area contributed by atoms with Gasteiger partial charge in [0.2, 0.25) is 0 Å². The maximum absolute atomic E-state index is 11.1. The first-order valence-electron chi connectivity index (χ1n) is 4.62. The number of hydrogen-bond acceptors (Lipinski definition) is 6. The van der Waals surface area contributed by atoms with Gasteiger partial charge in [-0.3, -0.25) is 0 Å². The fourth-order valence-electron chi connectivity index (χ4n) is 1.25. The predicted molar refractivity (Wildman–Crippen MR) is 62.4 cm³/mol. The molecule has 0 heterocycles. The number of hydrogen-bond donors (Lipinski definition) is 1. The molecule has 0 N–H and O–H groups in total. The fraction of sp³-hybridized carbons (Fsp3) is 0.750. The molecule has 0 aliphatic rings. The second-order valence-electron chi connectivity index (χ2n) is 4.05. The van der Waals surface area contributed by atoms with Crippen molar-refractivity contribution >= 4 is 28.0 Å². The number of rotatable bonds is 4. The maximum atomic E-state index is 11.1. The minimum absolute atomic E-state index is 0.434. The predicted octanol–water partition coefficient (Wildman–Crippen LogP) is 2.78. The second kappa shape index (κ2) is 4.17. The van der Waals surface area contributed by atoms with Crippen LogP contribution < -0.4 is 0 Å². The normalized spacial score (nSPS) is 16.1. The number of carbonyl (C=O) groups is 2. The Morgan fingerprint density at radius 2 is 1.60 bits per heavy atom. The summed E-state index contributed by atoms with van der Waals surface area (Å²) >= 11 is -5.12. The fourth-order valence-corrected chi connectivity index (χ4v) is 20.5. The van der Waals surface area contributed by atoms with E-state index in [0.717, 1.165) is 0 Å². The van der Waals surface area contributed by atoms with Gasteiger partial charge in [-0.25, -0.2) is 0 Å². The molecule has 90 valence electrons. The molecule has 0 rings (SSSR count). The molecule has 0 aliphatic heterocycles. The van der Waals surface area contributed by atoms with Gasteiger partial charge in [0.1, 0.15) is 0 Å². The van der Waals surface area contributed by atoms with Gasteiger partial charge in [-0.1, -0.05) is 0 Å². The summed E-state index contributed by atoms with van der Waals surface area (Å²) < 4.78 is 12.9. The summed E-state index contributed by atoms with van der Waals surface area (Å²) in [4.78, 5) is 22.3. The summed E-state index contributed by atoms with van der Waals surface area (Å²) in [6, 6.07) is 0. The molecule has 0 radical (unpaired) electrons. The molecule has 0 unspecified atom stereocenters. The monoisotopic (exact) mass is 480 g/mol. The van der Waals surface area contributed by atoms with Crippen LogP contribution in [-0.4, -0.2) is 18.2 Å². The molecule has 0 saturated carbocycles. The second-order valence-corrected chi connectivity index (χ2v) is 60.3. The van der Waals surface area contributed by atoms with Crippen LogP contribution in [0.3, 0.4) is 0 Å². The van der Waals surface area contributed by atoms with E-state index in [0.29, 0.717) is 3.45 Å². The standard InChI is InChI=1S/2C2H4O2.C2H5.CH4S.CH3.H2S.U/c2*1-2(3)4;2*1-2;;;/h2*1H3,(H,3,4);1H2,2H3;2H,1H3;1H3;1H2;/q;;;;;;+4/p-4. The molecule has 0 aromatic rings. The molecule has 0 amide bonds. The van der Waals surface area contributed by atoms with Crippen LogP contribution in [0.5, 0.6) is 0 Å². The van der Waals surface area contributed by atoms with Gasteiger partial charge < -0.3 is 0 Å². The van der Waals surface area contributed by atoms with Gasteiger partial charge in [-0.15, -0.1) is 0 Å². The van der Waals surface area contributed by atoms with Crippen molar-refractivity contribution in [3.8, 4) is 0 Å². The van der Waals surface area contributed by atoms with Crippen molar-refractivity contribution in [3.05, 3.63) is 0 Å². The van der Waals surface area contributed by atoms with Gasteiger partial charge in [0.05, 0.1) is 0 Å². The van der Waals surface area contributed by atoms with E-state index in [-0.39, 0.29) is 0 Å². The van der Waals surface area contributed by atoms with E-state index in [1.165, 1.54) is 21.4 Å². The van der Waals surface area contributed by atoms with Gasteiger partial charge in [0.15, 0.2) is 0 Å². The van der Waals surface area contributed by atoms with Gasteiger partial charge in [0.25, 0.3) is 0 Å². The van der Waals surface area contributed by atoms with Crippen molar-refractivity contribution in [2.75, 3.05) is 6.26 Å². The zero-order chi connectivity index (χ0) is 12.4. The Hall–Kier alpha value is 0.692. The molecule has 4 nitrogen and oxygen atoms in total. The first-order chi connectivity index (χ1) is 6.51. The van der Waals surface area contributed by atoms with Crippen LogP contribution in [0.1, 0.15) is 20.8 Å². The van der Waals surface area contributed by atoms with Crippen LogP contribution in [0.25, 0.3) is 0 Å². The van der Waals surface area contributed by atoms with Crippen LogP contribution in [0, 0.1) is 18.7 Å². The van der Waals surface area contributed by atoms with Gasteiger partial charge in [-0.2, -0.15) is 0 Å². The molecule has 0 aliphatic carbocycles. The van der Waals surface area contributed by atoms with Crippen molar-refractivity contribution in [2.45, 2.75) is 28.2 Å². The SMILES string of the molecule is C[CH2][U]([CH3])([SH])([O]C(C)=O)([O]C(C)=O)[S]C. The molecule has 0 fully saturated rings. The van der Waals surface area contributed by atoms with Crippen molar-refractivity contribution < 1.29 is 32.8 Å². The van der Waals surface area contributed by atoms with E-state index >= 15 is 0 Å². The van der Waals surface area contributed by atoms with Gasteiger partial charge in [-0.05, 0) is 0 Å². The molecule has 7 heteroatoms. The van der Waals surface area contributed by atoms with Crippen LogP contribution in [0.4, 0.5) is 0 Å². The van der Waals surface area contributed by atoms with E-state index in [4.69, 9.17) is 4.48 Å². The van der Waals surface area contributed by atoms with E-state index < -0.39 is 30.6 Å². The Balaban J connectivity index is 5.50. The van der Waals surface area contributed by atoms with Gasteiger partial charge in [0, 0.05) is 0 Å². The summed E-state index contributed by atoms with van der Waals surface area (Å²) in [7, 11) is 5.81. The third-order valence-corrected chi connectivity index (χ3v) is 48.1. The molecule has 0 atom stereocenters. The average molecular weight is 480 g/mol. The third kappa shape index (κ3) is 3.88. The van der Waals surface area contributed by atoms with E-state index in [1.54, 1.807) is 10.2 Å². The minimum atomic E-state index is -5.12. The Morgan fingerprint density at radius 3 is 1.73 bits per heavy atom. The quantitative estimate of drug-likeness (QED) is 0.628. The topological polar surface area (TPSA) is 52.6 Å². The molecular weight excluding hydrogens is 462 g/mol. The van der Waals surface area contributed by atoms with E-state index in [9.17, 15) is 9.59 Å². The third-order valence-electron chi connectivity index (χ3n) is 2.44. The Labute approximate surface area is 94.3 Å². The molecule has 0 aromatic heterocycles. The summed E-state index contributed by atoms with van der Waals surface area (Å²) in [6.07, 6.45) is 1.76. The van der Waals surface area contributed by atoms with Crippen molar-refractivity contribution in [1.82, 2.24) is 0 Å². The van der Waals surface area contributed by atoms with Crippen LogP contribution >= 0.6 is 16.0 Å². The van der Waals surface area contributed by atoms with Crippen molar-refractivity contribution in [2.24, 2.45) is 0 Å². The van der Waals surface area contributed by atoms with Crippen LogP contribution in [0.2, 0.25) is 7.41 Å². The van der Waals surface area contributed by atoms with Crippen LogP contribution in [0.15, 0.2) is 0 Å². The average Bonchev–Trinajstić information content (AvgIpc) is 2.02. The Bertz CT molecular complexity index is 284. The zero-order valence-electron chi connectivity index (χ0n) is 9.70. The number of carbonyl (C=O) groups excluding carboxylic acids is 2. The Morgan fingerprint density at radius 1 is 1.27 bits per heavy atom. The molecular formula is C8H18O4S2U. The van der Waals surface area contributed by atoms with Crippen molar-refractivity contribution in [3.63, 3.8) is 0 Å². The van der Waals surface area contributed by atoms with Gasteiger partial charge >= 0.3 is 95.2 Å². The molecule has 0 bridgehead atoms. The number of thiol groups is 1. The molecule has 0 spiro atoms. The van der Waals surface area contributed by atoms with Crippen molar-refractivity contribution in [1.29, 1.82) is 0 Å². The van der Waals surface area contributed by atoms with Crippen LogP contribution in [-0.2, 0) is 14.1 Å². The summed E-state index contributed by atoms with van der Waals surface area (Å²) in [5, 5.41) is 0. The van der Waals surface area contributed by atoms with E-state index in [1.807, 2.05) is 6.92 Å². The Kier molecular flexibility index (Phi) is 4.37. The molecule has 0 aromatic carbocycles. The first kappa shape index (κ1) is 15.7. The molecule has 15 heavy (non-hydrogen) atoms. The molecule has 0 saturated heterocycles. The summed E-state index contributed by atoms with van der Waals surface area (Å²) in [5.74, 6) is -0.929. The summed E-state index contributed by atoms with van der Waals surface area (Å²) in [5.41, 5.74) is 0.